The predicted molar refractivity (Wildman–Crippen MR) is 71.4 cm³/mol. The summed E-state index contributed by atoms with van der Waals surface area (Å²) in [6.07, 6.45) is -1.82. The molecule has 1 heterocycles. The minimum Gasteiger partial charge on any atom is -0.485 e. The highest BCUT2D eigenvalue weighted by Crippen LogP contribution is 2.41. The molecule has 110 valence electrons. The maximum Gasteiger partial charge on any atom is 0.270 e. The average molecular weight is 282 g/mol. The Morgan fingerprint density at radius 2 is 2.15 bits per heavy atom. The van der Waals surface area contributed by atoms with Gasteiger partial charge < -0.3 is 14.9 Å². The fourth-order valence-electron chi connectivity index (χ4n) is 2.34. The summed E-state index contributed by atoms with van der Waals surface area (Å²) >= 11 is 0. The molecule has 3 unspecified atom stereocenters. The van der Waals surface area contributed by atoms with Gasteiger partial charge in [0.25, 0.3) is 5.69 Å². The number of benzene rings is 1. The third-order valence-electron chi connectivity index (χ3n) is 3.36. The standard InChI is InChI=1S/C13H18N2O5/c1-7(16)14-11-9-6-8(15(18)19)4-5-10(9)20-13(2,3)12(11)17/h4-7,11-12,14,16-17H,1-3H3. The predicted octanol–water partition coefficient (Wildman–Crippen LogP) is 1.10. The van der Waals surface area contributed by atoms with Gasteiger partial charge >= 0.3 is 0 Å². The van der Waals surface area contributed by atoms with E-state index in [1.165, 1.54) is 25.1 Å². The van der Waals surface area contributed by atoms with Crippen molar-refractivity contribution < 1.29 is 19.9 Å². The van der Waals surface area contributed by atoms with Crippen LogP contribution < -0.4 is 10.1 Å². The molecule has 1 aliphatic heterocycles. The first-order valence-corrected chi connectivity index (χ1v) is 6.32. The molecule has 0 radical (unpaired) electrons. The Morgan fingerprint density at radius 1 is 1.50 bits per heavy atom. The summed E-state index contributed by atoms with van der Waals surface area (Å²) in [5.74, 6) is 0.462. The van der Waals surface area contributed by atoms with Gasteiger partial charge in [-0.1, -0.05) is 0 Å². The van der Waals surface area contributed by atoms with Crippen LogP contribution in [0.1, 0.15) is 32.4 Å². The Labute approximate surface area is 116 Å². The maximum atomic E-state index is 10.9. The van der Waals surface area contributed by atoms with Crippen molar-refractivity contribution in [2.45, 2.75) is 44.7 Å². The Balaban J connectivity index is 2.50. The van der Waals surface area contributed by atoms with Gasteiger partial charge in [-0.15, -0.1) is 0 Å². The highest BCUT2D eigenvalue weighted by atomic mass is 16.6. The number of hydrogen-bond donors (Lipinski definition) is 3. The quantitative estimate of drug-likeness (QED) is 0.435. The monoisotopic (exact) mass is 282 g/mol. The first-order valence-electron chi connectivity index (χ1n) is 6.32. The minimum absolute atomic E-state index is 0.0864. The molecule has 3 atom stereocenters. The molecule has 1 aliphatic rings. The van der Waals surface area contributed by atoms with E-state index in [9.17, 15) is 20.3 Å². The minimum atomic E-state index is -0.952. The highest BCUT2D eigenvalue weighted by molar-refractivity contribution is 5.48. The third-order valence-corrected chi connectivity index (χ3v) is 3.36. The SMILES string of the molecule is CC(O)NC1c2cc([N+](=O)[O-])ccc2OC(C)(C)C1O. The molecular weight excluding hydrogens is 264 g/mol. The summed E-state index contributed by atoms with van der Waals surface area (Å²) < 4.78 is 5.68. The van der Waals surface area contributed by atoms with Crippen molar-refractivity contribution in [3.63, 3.8) is 0 Å². The van der Waals surface area contributed by atoms with Crippen molar-refractivity contribution >= 4 is 5.69 Å². The molecule has 2 rings (SSSR count). The second kappa shape index (κ2) is 5.01. The molecule has 0 saturated carbocycles. The lowest BCUT2D eigenvalue weighted by atomic mass is 9.86. The summed E-state index contributed by atoms with van der Waals surface area (Å²) in [6, 6.07) is 3.58. The zero-order chi connectivity index (χ0) is 15.1. The Hall–Kier alpha value is -1.70. The van der Waals surface area contributed by atoms with Crippen LogP contribution in [0.25, 0.3) is 0 Å². The number of non-ortho nitro benzene ring substituents is 1. The number of aliphatic hydroxyl groups excluding tert-OH is 2. The number of fused-ring (bicyclic) bond motifs is 1. The van der Waals surface area contributed by atoms with Crippen LogP contribution >= 0.6 is 0 Å². The molecule has 0 spiro atoms. The molecule has 3 N–H and O–H groups in total. The number of nitrogens with one attached hydrogen (secondary N) is 1. The van der Waals surface area contributed by atoms with Gasteiger partial charge in [-0.3, -0.25) is 15.4 Å². The first-order chi connectivity index (χ1) is 9.22. The number of aliphatic hydroxyl groups is 2. The van der Waals surface area contributed by atoms with Crippen molar-refractivity contribution in [3.8, 4) is 5.75 Å². The lowest BCUT2D eigenvalue weighted by molar-refractivity contribution is -0.385. The second-order valence-corrected chi connectivity index (χ2v) is 5.45. The molecule has 1 aromatic carbocycles. The third kappa shape index (κ3) is 2.60. The molecule has 0 fully saturated rings. The van der Waals surface area contributed by atoms with Gasteiger partial charge in [0.1, 0.15) is 23.7 Å². The van der Waals surface area contributed by atoms with Crippen molar-refractivity contribution in [1.82, 2.24) is 5.32 Å². The number of nitro benzene ring substituents is 1. The molecule has 7 nitrogen and oxygen atoms in total. The highest BCUT2D eigenvalue weighted by Gasteiger charge is 2.43. The van der Waals surface area contributed by atoms with Gasteiger partial charge in [0.15, 0.2) is 0 Å². The molecule has 0 amide bonds. The molecule has 0 aliphatic carbocycles. The maximum absolute atomic E-state index is 10.9. The largest absolute Gasteiger partial charge is 0.485 e. The van der Waals surface area contributed by atoms with E-state index in [-0.39, 0.29) is 5.69 Å². The van der Waals surface area contributed by atoms with E-state index in [1.54, 1.807) is 13.8 Å². The van der Waals surface area contributed by atoms with E-state index in [0.717, 1.165) is 0 Å². The normalized spacial score (nSPS) is 25.4. The molecular formula is C13H18N2O5. The zero-order valence-corrected chi connectivity index (χ0v) is 11.5. The Bertz CT molecular complexity index is 529. The lowest BCUT2D eigenvalue weighted by Crippen LogP contribution is -2.53. The van der Waals surface area contributed by atoms with Gasteiger partial charge in [0.05, 0.1) is 11.0 Å². The van der Waals surface area contributed by atoms with E-state index in [4.69, 9.17) is 4.74 Å². The summed E-state index contributed by atoms with van der Waals surface area (Å²) in [6.45, 7) is 4.96. The van der Waals surface area contributed by atoms with E-state index in [1.807, 2.05) is 0 Å². The zero-order valence-electron chi connectivity index (χ0n) is 11.5. The van der Waals surface area contributed by atoms with Crippen molar-refractivity contribution in [2.24, 2.45) is 0 Å². The average Bonchev–Trinajstić information content (AvgIpc) is 2.33. The number of nitrogens with zero attached hydrogens (tertiary/aromatic N) is 1. The Kier molecular flexibility index (Phi) is 3.68. The van der Waals surface area contributed by atoms with Crippen LogP contribution in [0.3, 0.4) is 0 Å². The number of rotatable bonds is 3. The summed E-state index contributed by atoms with van der Waals surface area (Å²) in [4.78, 5) is 10.3. The number of nitro groups is 1. The smallest absolute Gasteiger partial charge is 0.270 e. The van der Waals surface area contributed by atoms with Crippen molar-refractivity contribution in [1.29, 1.82) is 0 Å². The van der Waals surface area contributed by atoms with Crippen LogP contribution in [-0.4, -0.2) is 33.1 Å². The van der Waals surface area contributed by atoms with Crippen LogP contribution in [0, 0.1) is 10.1 Å². The van der Waals surface area contributed by atoms with Gasteiger partial charge in [0.2, 0.25) is 0 Å². The first kappa shape index (κ1) is 14.7. The lowest BCUT2D eigenvalue weighted by Gasteiger charge is -2.42. The molecule has 0 bridgehead atoms. The van der Waals surface area contributed by atoms with E-state index < -0.39 is 28.9 Å². The second-order valence-electron chi connectivity index (χ2n) is 5.45. The van der Waals surface area contributed by atoms with Crippen LogP contribution in [0.4, 0.5) is 5.69 Å². The van der Waals surface area contributed by atoms with E-state index in [0.29, 0.717) is 11.3 Å². The topological polar surface area (TPSA) is 105 Å². The molecule has 7 heteroatoms. The molecule has 0 aromatic heterocycles. The van der Waals surface area contributed by atoms with Gasteiger partial charge in [-0.2, -0.15) is 0 Å². The van der Waals surface area contributed by atoms with Crippen LogP contribution in [0.2, 0.25) is 0 Å². The summed E-state index contributed by atoms with van der Waals surface area (Å²) in [5, 5.41) is 33.5. The van der Waals surface area contributed by atoms with Crippen LogP contribution in [-0.2, 0) is 0 Å². The fraction of sp³-hybridized carbons (Fsp3) is 0.538. The van der Waals surface area contributed by atoms with Crippen LogP contribution in [0.15, 0.2) is 18.2 Å². The van der Waals surface area contributed by atoms with Gasteiger partial charge in [-0.25, -0.2) is 0 Å². The Morgan fingerprint density at radius 3 is 2.70 bits per heavy atom. The molecule has 0 saturated heterocycles. The fourth-order valence-corrected chi connectivity index (χ4v) is 2.34. The van der Waals surface area contributed by atoms with E-state index in [2.05, 4.69) is 5.32 Å². The van der Waals surface area contributed by atoms with Crippen LogP contribution in [0.5, 0.6) is 5.75 Å². The number of ether oxygens (including phenoxy) is 1. The number of hydrogen-bond acceptors (Lipinski definition) is 6. The van der Waals surface area contributed by atoms with E-state index >= 15 is 0 Å². The van der Waals surface area contributed by atoms with Crippen molar-refractivity contribution in [2.75, 3.05) is 0 Å². The van der Waals surface area contributed by atoms with Gasteiger partial charge in [-0.05, 0) is 26.8 Å². The molecule has 20 heavy (non-hydrogen) atoms. The van der Waals surface area contributed by atoms with Crippen molar-refractivity contribution in [3.05, 3.63) is 33.9 Å². The van der Waals surface area contributed by atoms with Gasteiger partial charge in [0, 0.05) is 17.7 Å². The molecule has 1 aromatic rings. The summed E-state index contributed by atoms with van der Waals surface area (Å²) in [5.41, 5.74) is -0.487. The summed E-state index contributed by atoms with van der Waals surface area (Å²) in [7, 11) is 0.